The van der Waals surface area contributed by atoms with Crippen molar-refractivity contribution in [3.05, 3.63) is 36.5 Å². The Morgan fingerprint density at radius 2 is 2.33 bits per heavy atom. The molecule has 0 aliphatic carbocycles. The van der Waals surface area contributed by atoms with Crippen molar-refractivity contribution in [2.24, 2.45) is 0 Å². The summed E-state index contributed by atoms with van der Waals surface area (Å²) in [5, 5.41) is 1.00. The Morgan fingerprint density at radius 3 is 3.17 bits per heavy atom. The molecule has 59 valence electrons. The molecular formula is C10H8NO. The maximum absolute atomic E-state index is 5.13. The van der Waals surface area contributed by atoms with Crippen molar-refractivity contribution < 1.29 is 4.74 Å². The maximum atomic E-state index is 5.13. The van der Waals surface area contributed by atoms with Crippen molar-refractivity contribution in [2.45, 2.75) is 0 Å². The molecule has 2 nitrogen and oxygen atoms in total. The molecule has 2 heteroatoms. The van der Waals surface area contributed by atoms with Gasteiger partial charge in [-0.3, -0.25) is 4.98 Å². The summed E-state index contributed by atoms with van der Waals surface area (Å²) in [6, 6.07) is 10.6. The lowest BCUT2D eigenvalue weighted by Gasteiger charge is -2.02. The van der Waals surface area contributed by atoms with Crippen LogP contribution in [0, 0.1) is 6.07 Å². The number of ether oxygens (including phenoxy) is 1. The van der Waals surface area contributed by atoms with Crippen molar-refractivity contribution in [1.29, 1.82) is 0 Å². The van der Waals surface area contributed by atoms with Crippen LogP contribution in [0.1, 0.15) is 0 Å². The van der Waals surface area contributed by atoms with Crippen molar-refractivity contribution in [3.63, 3.8) is 0 Å². The third kappa shape index (κ3) is 1.01. The van der Waals surface area contributed by atoms with Crippen LogP contribution in [0.2, 0.25) is 0 Å². The van der Waals surface area contributed by atoms with E-state index in [1.54, 1.807) is 13.3 Å². The van der Waals surface area contributed by atoms with Crippen molar-refractivity contribution in [2.75, 3.05) is 7.11 Å². The van der Waals surface area contributed by atoms with Gasteiger partial charge in [0.1, 0.15) is 5.75 Å². The Morgan fingerprint density at radius 1 is 1.42 bits per heavy atom. The molecule has 0 saturated carbocycles. The van der Waals surface area contributed by atoms with Crippen LogP contribution in [0.25, 0.3) is 10.9 Å². The standard InChI is InChI=1S/C10H8NO/c1-12-10-6-2-5-9-8(10)4-3-7-11-9/h2-5,7H,1H3. The molecule has 0 amide bonds. The van der Waals surface area contributed by atoms with Crippen LogP contribution >= 0.6 is 0 Å². The molecule has 0 fully saturated rings. The second-order valence-corrected chi connectivity index (χ2v) is 2.45. The predicted octanol–water partition coefficient (Wildman–Crippen LogP) is 2.04. The molecule has 0 N–H and O–H groups in total. The molecule has 0 aliphatic heterocycles. The molecular weight excluding hydrogens is 150 g/mol. The summed E-state index contributed by atoms with van der Waals surface area (Å²) in [4.78, 5) is 4.19. The Labute approximate surface area is 70.8 Å². The van der Waals surface area contributed by atoms with E-state index in [0.717, 1.165) is 16.7 Å². The zero-order valence-corrected chi connectivity index (χ0v) is 6.74. The van der Waals surface area contributed by atoms with Gasteiger partial charge in [0.2, 0.25) is 0 Å². The second kappa shape index (κ2) is 2.81. The number of aromatic nitrogens is 1. The number of hydrogen-bond acceptors (Lipinski definition) is 2. The topological polar surface area (TPSA) is 22.1 Å². The van der Waals surface area contributed by atoms with Crippen LogP contribution in [0.5, 0.6) is 5.75 Å². The number of rotatable bonds is 1. The molecule has 0 atom stereocenters. The quantitative estimate of drug-likeness (QED) is 0.633. The lowest BCUT2D eigenvalue weighted by molar-refractivity contribution is 0.419. The lowest BCUT2D eigenvalue weighted by Crippen LogP contribution is -1.85. The molecule has 0 unspecified atom stereocenters. The van der Waals surface area contributed by atoms with Gasteiger partial charge in [-0.2, -0.15) is 0 Å². The SMILES string of the molecule is COc1[c]ccc2ncccc12. The molecule has 12 heavy (non-hydrogen) atoms. The van der Waals surface area contributed by atoms with E-state index in [1.165, 1.54) is 0 Å². The number of benzene rings is 1. The van der Waals surface area contributed by atoms with Gasteiger partial charge in [-0.25, -0.2) is 0 Å². The van der Waals surface area contributed by atoms with Gasteiger partial charge >= 0.3 is 0 Å². The molecule has 0 spiro atoms. The van der Waals surface area contributed by atoms with Crippen molar-refractivity contribution in [1.82, 2.24) is 4.98 Å². The highest BCUT2D eigenvalue weighted by molar-refractivity contribution is 5.84. The van der Waals surface area contributed by atoms with Crippen LogP contribution in [0.4, 0.5) is 0 Å². The normalized spacial score (nSPS) is 10.1. The van der Waals surface area contributed by atoms with Gasteiger partial charge in [0.15, 0.2) is 0 Å². The first kappa shape index (κ1) is 7.10. The fraction of sp³-hybridized carbons (Fsp3) is 0.100. The van der Waals surface area contributed by atoms with Crippen molar-refractivity contribution in [3.8, 4) is 5.75 Å². The van der Waals surface area contributed by atoms with Crippen LogP contribution in [-0.2, 0) is 0 Å². The Kier molecular flexibility index (Phi) is 1.67. The predicted molar refractivity (Wildman–Crippen MR) is 47.1 cm³/mol. The van der Waals surface area contributed by atoms with E-state index in [-0.39, 0.29) is 0 Å². The smallest absolute Gasteiger partial charge is 0.136 e. The fourth-order valence-electron chi connectivity index (χ4n) is 1.19. The molecule has 0 saturated heterocycles. The van der Waals surface area contributed by atoms with E-state index in [1.807, 2.05) is 24.3 Å². The van der Waals surface area contributed by atoms with Crippen molar-refractivity contribution >= 4 is 10.9 Å². The van der Waals surface area contributed by atoms with Crippen LogP contribution in [0.15, 0.2) is 30.5 Å². The minimum absolute atomic E-state index is 0.751. The number of methoxy groups -OCH3 is 1. The number of pyridine rings is 1. The van der Waals surface area contributed by atoms with E-state index in [9.17, 15) is 0 Å². The van der Waals surface area contributed by atoms with E-state index in [0.29, 0.717) is 0 Å². The van der Waals surface area contributed by atoms with E-state index < -0.39 is 0 Å². The summed E-state index contributed by atoms with van der Waals surface area (Å²) in [6.45, 7) is 0. The van der Waals surface area contributed by atoms with E-state index in [4.69, 9.17) is 4.74 Å². The number of nitrogens with zero attached hydrogens (tertiary/aromatic N) is 1. The molecule has 2 aromatic rings. The van der Waals surface area contributed by atoms with Gasteiger partial charge in [-0.05, 0) is 24.3 Å². The van der Waals surface area contributed by atoms with Crippen LogP contribution in [-0.4, -0.2) is 12.1 Å². The highest BCUT2D eigenvalue weighted by atomic mass is 16.5. The Hall–Kier alpha value is -1.57. The van der Waals surface area contributed by atoms with E-state index in [2.05, 4.69) is 11.1 Å². The summed E-state index contributed by atoms with van der Waals surface area (Å²) in [5.74, 6) is 0.751. The molecule has 1 aromatic heterocycles. The lowest BCUT2D eigenvalue weighted by atomic mass is 10.2. The summed E-state index contributed by atoms with van der Waals surface area (Å²) in [7, 11) is 1.64. The summed E-state index contributed by atoms with van der Waals surface area (Å²) in [6.07, 6.45) is 1.77. The van der Waals surface area contributed by atoms with Gasteiger partial charge in [-0.1, -0.05) is 0 Å². The zero-order chi connectivity index (χ0) is 8.39. The third-order valence-corrected chi connectivity index (χ3v) is 1.74. The molecule has 1 radical (unpaired) electrons. The first-order valence-electron chi connectivity index (χ1n) is 3.71. The fourth-order valence-corrected chi connectivity index (χ4v) is 1.19. The van der Waals surface area contributed by atoms with Crippen LogP contribution < -0.4 is 4.74 Å². The van der Waals surface area contributed by atoms with Gasteiger partial charge < -0.3 is 4.74 Å². The summed E-state index contributed by atoms with van der Waals surface area (Å²) < 4.78 is 5.13. The second-order valence-electron chi connectivity index (χ2n) is 2.45. The van der Waals surface area contributed by atoms with Gasteiger partial charge in [0.25, 0.3) is 0 Å². The number of hydrogen-bond donors (Lipinski definition) is 0. The Bertz CT molecular complexity index is 392. The van der Waals surface area contributed by atoms with E-state index >= 15 is 0 Å². The molecule has 1 aromatic carbocycles. The monoisotopic (exact) mass is 158 g/mol. The molecule has 0 aliphatic rings. The average molecular weight is 158 g/mol. The molecule has 1 heterocycles. The first-order chi connectivity index (χ1) is 5.92. The minimum Gasteiger partial charge on any atom is -0.495 e. The Balaban J connectivity index is 2.79. The molecule has 2 rings (SSSR count). The third-order valence-electron chi connectivity index (χ3n) is 1.74. The van der Waals surface area contributed by atoms with Crippen LogP contribution in [0.3, 0.4) is 0 Å². The first-order valence-corrected chi connectivity index (χ1v) is 3.71. The highest BCUT2D eigenvalue weighted by Crippen LogP contribution is 2.21. The van der Waals surface area contributed by atoms with Gasteiger partial charge in [0.05, 0.1) is 12.6 Å². The molecule has 0 bridgehead atoms. The number of fused-ring (bicyclic) bond motifs is 1. The van der Waals surface area contributed by atoms with Gasteiger partial charge in [0, 0.05) is 17.6 Å². The largest absolute Gasteiger partial charge is 0.495 e. The zero-order valence-electron chi connectivity index (χ0n) is 6.74. The minimum atomic E-state index is 0.751. The maximum Gasteiger partial charge on any atom is 0.136 e. The van der Waals surface area contributed by atoms with Gasteiger partial charge in [-0.15, -0.1) is 0 Å². The summed E-state index contributed by atoms with van der Waals surface area (Å²) in [5.41, 5.74) is 0.938. The average Bonchev–Trinajstić information content (AvgIpc) is 2.17. The summed E-state index contributed by atoms with van der Waals surface area (Å²) >= 11 is 0. The highest BCUT2D eigenvalue weighted by Gasteiger charge is 1.98.